The number of carbonyl (C=O) groups is 1. The molecule has 0 spiro atoms. The van der Waals surface area contributed by atoms with Gasteiger partial charge in [0, 0.05) is 26.7 Å². The molecular weight excluding hydrogens is 290 g/mol. The molecule has 8 heteroatoms. The van der Waals surface area contributed by atoms with Crippen LogP contribution < -0.4 is 10.2 Å². The summed E-state index contributed by atoms with van der Waals surface area (Å²) in [6.45, 7) is 8.94. The zero-order valence-corrected chi connectivity index (χ0v) is 13.2. The van der Waals surface area contributed by atoms with Crippen molar-refractivity contribution in [2.45, 2.75) is 17.3 Å². The molecule has 1 N–H and O–H groups in total. The van der Waals surface area contributed by atoms with Gasteiger partial charge < -0.3 is 15.0 Å². The molecule has 7 nitrogen and oxygen atoms in total. The smallest absolute Gasteiger partial charge is 0.233 e. The summed E-state index contributed by atoms with van der Waals surface area (Å²) < 4.78 is 7.26. The Balaban J connectivity index is 1.99. The third-order valence-corrected chi connectivity index (χ3v) is 4.31. The van der Waals surface area contributed by atoms with E-state index in [1.807, 2.05) is 18.5 Å². The lowest BCUT2D eigenvalue weighted by atomic mass is 10.4. The number of aromatic nitrogens is 3. The first kappa shape index (κ1) is 15.8. The predicted molar refractivity (Wildman–Crippen MR) is 82.6 cm³/mol. The third kappa shape index (κ3) is 3.98. The van der Waals surface area contributed by atoms with Crippen LogP contribution in [0.2, 0.25) is 0 Å². The number of morpholine rings is 1. The largest absolute Gasteiger partial charge is 0.378 e. The first-order valence-electron chi connectivity index (χ1n) is 6.91. The molecule has 1 aromatic rings. The molecule has 2 heterocycles. The van der Waals surface area contributed by atoms with E-state index in [2.05, 4.69) is 27.0 Å². The van der Waals surface area contributed by atoms with Crippen LogP contribution in [0.5, 0.6) is 0 Å². The molecule has 0 saturated carbocycles. The summed E-state index contributed by atoms with van der Waals surface area (Å²) in [7, 11) is 1.92. The minimum absolute atomic E-state index is 0.0316. The normalized spacial score (nSPS) is 16.6. The van der Waals surface area contributed by atoms with Gasteiger partial charge in [-0.2, -0.15) is 0 Å². The second-order valence-corrected chi connectivity index (χ2v) is 6.04. The van der Waals surface area contributed by atoms with E-state index >= 15 is 0 Å². The minimum Gasteiger partial charge on any atom is -0.378 e. The van der Waals surface area contributed by atoms with Gasteiger partial charge in [0.25, 0.3) is 0 Å². The predicted octanol–water partition coefficient (Wildman–Crippen LogP) is 0.434. The lowest BCUT2D eigenvalue weighted by molar-refractivity contribution is -0.120. The highest BCUT2D eigenvalue weighted by molar-refractivity contribution is 8.00. The SMILES string of the molecule is C=CCNC(=O)C(C)Sc1nnc(N2CCOCC2)n1C. The Morgan fingerprint density at radius 2 is 2.24 bits per heavy atom. The van der Waals surface area contributed by atoms with Crippen molar-refractivity contribution in [2.24, 2.45) is 7.05 Å². The first-order valence-corrected chi connectivity index (χ1v) is 7.78. The van der Waals surface area contributed by atoms with Crippen molar-refractivity contribution >= 4 is 23.6 Å². The molecule has 2 rings (SSSR count). The molecule has 0 aromatic carbocycles. The fourth-order valence-electron chi connectivity index (χ4n) is 1.98. The number of carbonyl (C=O) groups excluding carboxylic acids is 1. The van der Waals surface area contributed by atoms with Crippen LogP contribution in [-0.4, -0.2) is 58.8 Å². The van der Waals surface area contributed by atoms with Crippen LogP contribution in [0.25, 0.3) is 0 Å². The molecule has 116 valence electrons. The Labute approximate surface area is 128 Å². The maximum Gasteiger partial charge on any atom is 0.233 e. The van der Waals surface area contributed by atoms with Gasteiger partial charge in [-0.1, -0.05) is 17.8 Å². The van der Waals surface area contributed by atoms with Crippen LogP contribution in [0.15, 0.2) is 17.8 Å². The fourth-order valence-corrected chi connectivity index (χ4v) is 2.81. The average Bonchev–Trinajstić information content (AvgIpc) is 2.86. The van der Waals surface area contributed by atoms with Crippen LogP contribution in [0.3, 0.4) is 0 Å². The van der Waals surface area contributed by atoms with Gasteiger partial charge >= 0.3 is 0 Å². The third-order valence-electron chi connectivity index (χ3n) is 3.18. The second kappa shape index (κ2) is 7.46. The van der Waals surface area contributed by atoms with Crippen LogP contribution >= 0.6 is 11.8 Å². The van der Waals surface area contributed by atoms with Crippen LogP contribution in [0, 0.1) is 0 Å². The highest BCUT2D eigenvalue weighted by Gasteiger charge is 2.21. The number of anilines is 1. The van der Waals surface area contributed by atoms with Crippen LogP contribution in [0.1, 0.15) is 6.92 Å². The van der Waals surface area contributed by atoms with Gasteiger partial charge in [-0.25, -0.2) is 0 Å². The van der Waals surface area contributed by atoms with E-state index in [1.165, 1.54) is 11.8 Å². The molecule has 0 bridgehead atoms. The van der Waals surface area contributed by atoms with E-state index in [0.29, 0.717) is 19.8 Å². The number of thioether (sulfide) groups is 1. The van der Waals surface area contributed by atoms with E-state index in [1.54, 1.807) is 6.08 Å². The summed E-state index contributed by atoms with van der Waals surface area (Å²) >= 11 is 1.40. The quantitative estimate of drug-likeness (QED) is 0.607. The van der Waals surface area contributed by atoms with Gasteiger partial charge in [0.15, 0.2) is 5.16 Å². The summed E-state index contributed by atoms with van der Waals surface area (Å²) in [5.41, 5.74) is 0. The van der Waals surface area contributed by atoms with Gasteiger partial charge in [0.2, 0.25) is 11.9 Å². The van der Waals surface area contributed by atoms with E-state index in [-0.39, 0.29) is 11.2 Å². The lowest BCUT2D eigenvalue weighted by Gasteiger charge is -2.27. The van der Waals surface area contributed by atoms with Gasteiger partial charge in [0.1, 0.15) is 0 Å². The monoisotopic (exact) mass is 311 g/mol. The zero-order valence-electron chi connectivity index (χ0n) is 12.4. The van der Waals surface area contributed by atoms with Crippen molar-refractivity contribution in [1.29, 1.82) is 0 Å². The standard InChI is InChI=1S/C13H21N5O2S/c1-4-5-14-11(19)10(2)21-13-16-15-12(17(13)3)18-6-8-20-9-7-18/h4,10H,1,5-9H2,2-3H3,(H,14,19). The number of nitrogens with one attached hydrogen (secondary N) is 1. The number of rotatable bonds is 6. The van der Waals surface area contributed by atoms with E-state index in [4.69, 9.17) is 4.74 Å². The first-order chi connectivity index (χ1) is 10.1. The average molecular weight is 311 g/mol. The summed E-state index contributed by atoms with van der Waals surface area (Å²) in [6, 6.07) is 0. The topological polar surface area (TPSA) is 72.3 Å². The molecule has 1 fully saturated rings. The van der Waals surface area contributed by atoms with Gasteiger partial charge in [0.05, 0.1) is 18.5 Å². The molecule has 1 unspecified atom stereocenters. The molecule has 1 atom stereocenters. The van der Waals surface area contributed by atoms with Crippen molar-refractivity contribution in [3.05, 3.63) is 12.7 Å². The number of hydrogen-bond donors (Lipinski definition) is 1. The molecule has 0 radical (unpaired) electrons. The Hall–Kier alpha value is -1.54. The number of ether oxygens (including phenoxy) is 1. The van der Waals surface area contributed by atoms with Crippen molar-refractivity contribution < 1.29 is 9.53 Å². The molecule has 0 aliphatic carbocycles. The second-order valence-electron chi connectivity index (χ2n) is 4.73. The molecular formula is C13H21N5O2S. The van der Waals surface area contributed by atoms with E-state index < -0.39 is 0 Å². The number of nitrogens with zero attached hydrogens (tertiary/aromatic N) is 4. The number of hydrogen-bond acceptors (Lipinski definition) is 6. The molecule has 1 aliphatic heterocycles. The van der Waals surface area contributed by atoms with E-state index in [9.17, 15) is 4.79 Å². The van der Waals surface area contributed by atoms with Crippen LogP contribution in [-0.2, 0) is 16.6 Å². The minimum atomic E-state index is -0.231. The molecule has 1 amide bonds. The highest BCUT2D eigenvalue weighted by atomic mass is 32.2. The van der Waals surface area contributed by atoms with Crippen LogP contribution in [0.4, 0.5) is 5.95 Å². The summed E-state index contributed by atoms with van der Waals surface area (Å²) in [4.78, 5) is 14.0. The number of amides is 1. The van der Waals surface area contributed by atoms with Gasteiger partial charge in [-0.3, -0.25) is 9.36 Å². The molecule has 1 aliphatic rings. The van der Waals surface area contributed by atoms with Gasteiger partial charge in [-0.05, 0) is 6.92 Å². The maximum atomic E-state index is 11.9. The molecule has 21 heavy (non-hydrogen) atoms. The van der Waals surface area contributed by atoms with Crippen molar-refractivity contribution in [2.75, 3.05) is 37.7 Å². The Kier molecular flexibility index (Phi) is 5.63. The van der Waals surface area contributed by atoms with Crippen molar-refractivity contribution in [3.63, 3.8) is 0 Å². The zero-order chi connectivity index (χ0) is 15.2. The maximum absolute atomic E-state index is 11.9. The Bertz CT molecular complexity index is 499. The summed E-state index contributed by atoms with van der Waals surface area (Å²) in [5.74, 6) is 0.787. The van der Waals surface area contributed by atoms with Crippen molar-refractivity contribution in [3.8, 4) is 0 Å². The fraction of sp³-hybridized carbons (Fsp3) is 0.615. The van der Waals surface area contributed by atoms with Gasteiger partial charge in [-0.15, -0.1) is 16.8 Å². The summed E-state index contributed by atoms with van der Waals surface area (Å²) in [5, 5.41) is 11.7. The highest BCUT2D eigenvalue weighted by Crippen LogP contribution is 2.24. The van der Waals surface area contributed by atoms with Crippen molar-refractivity contribution in [1.82, 2.24) is 20.1 Å². The lowest BCUT2D eigenvalue weighted by Crippen LogP contribution is -2.37. The Morgan fingerprint density at radius 1 is 1.52 bits per heavy atom. The summed E-state index contributed by atoms with van der Waals surface area (Å²) in [6.07, 6.45) is 1.66. The molecule has 1 saturated heterocycles. The Morgan fingerprint density at radius 3 is 2.90 bits per heavy atom. The molecule has 1 aromatic heterocycles. The van der Waals surface area contributed by atoms with E-state index in [0.717, 1.165) is 24.2 Å².